The highest BCUT2D eigenvalue weighted by atomic mass is 35.5. The fourth-order valence-electron chi connectivity index (χ4n) is 1.26. The van der Waals surface area contributed by atoms with Crippen molar-refractivity contribution in [2.45, 2.75) is 29.7 Å². The third-order valence-electron chi connectivity index (χ3n) is 2.53. The summed E-state index contributed by atoms with van der Waals surface area (Å²) in [4.78, 5) is 0. The molecule has 0 spiro atoms. The molecule has 1 atom stereocenters. The van der Waals surface area contributed by atoms with Crippen molar-refractivity contribution in [1.29, 1.82) is 0 Å². The van der Waals surface area contributed by atoms with E-state index >= 15 is 0 Å². The second-order valence-electron chi connectivity index (χ2n) is 4.83. The highest BCUT2D eigenvalue weighted by molar-refractivity contribution is 6.94. The fraction of sp³-hybridized carbons (Fsp3) is 0.455. The quantitative estimate of drug-likeness (QED) is 0.646. The van der Waals surface area contributed by atoms with Crippen molar-refractivity contribution in [1.82, 2.24) is 0 Å². The lowest BCUT2D eigenvalue weighted by atomic mass is 10.1. The van der Waals surface area contributed by atoms with Gasteiger partial charge in [0.2, 0.25) is 0 Å². The van der Waals surface area contributed by atoms with E-state index in [-0.39, 0.29) is 0 Å². The van der Waals surface area contributed by atoms with Crippen LogP contribution in [0, 0.1) is 0 Å². The minimum Gasteiger partial charge on any atom is -0.386 e. The van der Waals surface area contributed by atoms with Crippen LogP contribution >= 0.6 is 34.8 Å². The second kappa shape index (κ2) is 4.87. The Morgan fingerprint density at radius 1 is 1.12 bits per heavy atom. The first kappa shape index (κ1) is 14.3. The number of benzene rings is 1. The van der Waals surface area contributed by atoms with Gasteiger partial charge in [0.15, 0.2) is 0 Å². The van der Waals surface area contributed by atoms with E-state index in [2.05, 4.69) is 0 Å². The molecule has 0 bridgehead atoms. The van der Waals surface area contributed by atoms with Crippen molar-refractivity contribution >= 4 is 42.9 Å². The number of hydrogen-bond donors (Lipinski definition) is 1. The maximum atomic E-state index is 10.2. The van der Waals surface area contributed by atoms with Crippen LogP contribution in [-0.2, 0) is 0 Å². The minimum atomic E-state index is -1.90. The molecular weight excluding hydrogens is 283 g/mol. The zero-order chi connectivity index (χ0) is 12.6. The Labute approximate surface area is 112 Å². The predicted molar refractivity (Wildman–Crippen MR) is 74.2 cm³/mol. The van der Waals surface area contributed by atoms with Gasteiger partial charge in [-0.2, -0.15) is 0 Å². The Bertz CT molecular complexity index is 356. The van der Waals surface area contributed by atoms with Gasteiger partial charge in [-0.3, -0.25) is 0 Å². The van der Waals surface area contributed by atoms with Crippen LogP contribution in [0.3, 0.4) is 0 Å². The van der Waals surface area contributed by atoms with Gasteiger partial charge in [0.25, 0.3) is 0 Å². The van der Waals surface area contributed by atoms with E-state index in [0.717, 1.165) is 0 Å². The second-order valence-corrected chi connectivity index (χ2v) is 12.6. The van der Waals surface area contributed by atoms with Gasteiger partial charge < -0.3 is 5.11 Å². The molecule has 0 aliphatic carbocycles. The standard InChI is InChI=1S/C11H15Cl3OSi/c1-16(2,3)11(13,14)10(15)8-4-6-9(12)7-5-8/h4-7,10,15H,1-3H3. The molecule has 0 saturated carbocycles. The molecule has 0 heterocycles. The normalized spacial score (nSPS) is 14.9. The van der Waals surface area contributed by atoms with Gasteiger partial charge >= 0.3 is 0 Å². The summed E-state index contributed by atoms with van der Waals surface area (Å²) >= 11 is 18.3. The van der Waals surface area contributed by atoms with E-state index in [9.17, 15) is 5.11 Å². The van der Waals surface area contributed by atoms with Gasteiger partial charge in [-0.05, 0) is 17.7 Å². The number of hydrogen-bond acceptors (Lipinski definition) is 1. The number of halogens is 3. The van der Waals surface area contributed by atoms with Crippen LogP contribution in [0.5, 0.6) is 0 Å². The number of rotatable bonds is 3. The summed E-state index contributed by atoms with van der Waals surface area (Å²) in [6.45, 7) is 6.06. The Balaban J connectivity index is 3.02. The van der Waals surface area contributed by atoms with E-state index in [0.29, 0.717) is 10.6 Å². The summed E-state index contributed by atoms with van der Waals surface area (Å²) in [5.41, 5.74) is 0.692. The smallest absolute Gasteiger partial charge is 0.136 e. The molecule has 0 amide bonds. The monoisotopic (exact) mass is 296 g/mol. The first-order valence-electron chi connectivity index (χ1n) is 4.97. The summed E-state index contributed by atoms with van der Waals surface area (Å²) < 4.78 is -1.11. The average molecular weight is 298 g/mol. The highest BCUT2D eigenvalue weighted by Gasteiger charge is 2.46. The highest BCUT2D eigenvalue weighted by Crippen LogP contribution is 2.43. The van der Waals surface area contributed by atoms with Gasteiger partial charge in [-0.1, -0.05) is 43.4 Å². The van der Waals surface area contributed by atoms with Crippen LogP contribution in [0.4, 0.5) is 0 Å². The van der Waals surface area contributed by atoms with Crippen LogP contribution in [-0.4, -0.2) is 17.1 Å². The first-order valence-corrected chi connectivity index (χ1v) is 9.61. The lowest BCUT2D eigenvalue weighted by Gasteiger charge is -2.36. The van der Waals surface area contributed by atoms with Gasteiger partial charge in [-0.15, -0.1) is 23.2 Å². The van der Waals surface area contributed by atoms with Crippen molar-refractivity contribution in [3.8, 4) is 0 Å². The molecule has 0 aliphatic rings. The van der Waals surface area contributed by atoms with Crippen molar-refractivity contribution in [3.05, 3.63) is 34.9 Å². The van der Waals surface area contributed by atoms with Crippen molar-refractivity contribution in [2.75, 3.05) is 0 Å². The van der Waals surface area contributed by atoms with Gasteiger partial charge in [0.05, 0.1) is 8.07 Å². The lowest BCUT2D eigenvalue weighted by molar-refractivity contribution is 0.179. The third-order valence-corrected chi connectivity index (χ3v) is 8.87. The van der Waals surface area contributed by atoms with Crippen LogP contribution in [0.25, 0.3) is 0 Å². The van der Waals surface area contributed by atoms with Crippen LogP contribution in [0.1, 0.15) is 11.7 Å². The molecule has 1 unspecified atom stereocenters. The van der Waals surface area contributed by atoms with Crippen LogP contribution in [0.2, 0.25) is 24.7 Å². The Kier molecular flexibility index (Phi) is 4.36. The summed E-state index contributed by atoms with van der Waals surface area (Å²) in [6.07, 6.45) is -0.889. The molecule has 1 N–H and O–H groups in total. The SMILES string of the molecule is C[Si](C)(C)C(Cl)(Cl)C(O)c1ccc(Cl)cc1. The summed E-state index contributed by atoms with van der Waals surface area (Å²) in [7, 11) is -1.90. The Hall–Kier alpha value is 0.267. The molecule has 1 nitrogen and oxygen atoms in total. The number of alkyl halides is 2. The molecule has 0 saturated heterocycles. The van der Waals surface area contributed by atoms with Crippen molar-refractivity contribution < 1.29 is 5.11 Å². The van der Waals surface area contributed by atoms with Gasteiger partial charge in [0.1, 0.15) is 10.1 Å². The van der Waals surface area contributed by atoms with Crippen LogP contribution < -0.4 is 0 Å². The van der Waals surface area contributed by atoms with Gasteiger partial charge in [-0.25, -0.2) is 0 Å². The molecular formula is C11H15Cl3OSi. The maximum Gasteiger partial charge on any atom is 0.136 e. The molecule has 5 heteroatoms. The maximum absolute atomic E-state index is 10.2. The topological polar surface area (TPSA) is 20.2 Å². The summed E-state index contributed by atoms with van der Waals surface area (Å²) in [5, 5.41) is 10.8. The Morgan fingerprint density at radius 3 is 1.94 bits per heavy atom. The molecule has 0 aromatic heterocycles. The minimum absolute atomic E-state index is 0.624. The molecule has 0 fully saturated rings. The third kappa shape index (κ3) is 2.93. The lowest BCUT2D eigenvalue weighted by Crippen LogP contribution is -2.47. The van der Waals surface area contributed by atoms with E-state index in [4.69, 9.17) is 34.8 Å². The molecule has 0 aliphatic heterocycles. The van der Waals surface area contributed by atoms with Crippen molar-refractivity contribution in [3.63, 3.8) is 0 Å². The molecule has 1 aromatic rings. The number of aliphatic hydroxyl groups is 1. The van der Waals surface area contributed by atoms with E-state index in [1.54, 1.807) is 24.3 Å². The van der Waals surface area contributed by atoms with E-state index in [1.807, 2.05) is 19.6 Å². The molecule has 16 heavy (non-hydrogen) atoms. The first-order chi connectivity index (χ1) is 7.16. The zero-order valence-corrected chi connectivity index (χ0v) is 12.7. The molecule has 1 rings (SSSR count). The molecule has 90 valence electrons. The molecule has 1 aromatic carbocycles. The van der Waals surface area contributed by atoms with E-state index in [1.165, 1.54) is 0 Å². The van der Waals surface area contributed by atoms with E-state index < -0.39 is 18.1 Å². The van der Waals surface area contributed by atoms with Crippen molar-refractivity contribution in [2.24, 2.45) is 0 Å². The predicted octanol–water partition coefficient (Wildman–Crippen LogP) is 4.42. The summed E-state index contributed by atoms with van der Waals surface area (Å²) in [6, 6.07) is 6.92. The van der Waals surface area contributed by atoms with Crippen LogP contribution in [0.15, 0.2) is 24.3 Å². The Morgan fingerprint density at radius 2 is 1.56 bits per heavy atom. The average Bonchev–Trinajstić information content (AvgIpc) is 2.16. The zero-order valence-electron chi connectivity index (χ0n) is 9.47. The summed E-state index contributed by atoms with van der Waals surface area (Å²) in [5.74, 6) is 0. The van der Waals surface area contributed by atoms with Gasteiger partial charge in [0, 0.05) is 5.02 Å². The fourth-order valence-corrected chi connectivity index (χ4v) is 2.63. The number of aliphatic hydroxyl groups excluding tert-OH is 1. The molecule has 0 radical (unpaired) electrons. The largest absolute Gasteiger partial charge is 0.386 e.